The predicted molar refractivity (Wildman–Crippen MR) is 71.2 cm³/mol. The molecule has 1 aliphatic heterocycles. The number of carbonyl (C=O) groups excluding carboxylic acids is 2. The number of nitrogens with two attached hydrogens (primary N) is 1. The SMILES string of the molecule is C1CNC1.CC(=O)O[SiH](CCC(C)N)OC(C)=O. The summed E-state index contributed by atoms with van der Waals surface area (Å²) in [6.07, 6.45) is 2.08. The lowest BCUT2D eigenvalue weighted by atomic mass is 10.3. The van der Waals surface area contributed by atoms with Gasteiger partial charge in [-0.15, -0.1) is 0 Å². The zero-order valence-corrected chi connectivity index (χ0v) is 12.6. The van der Waals surface area contributed by atoms with Crippen molar-refractivity contribution in [3.05, 3.63) is 0 Å². The van der Waals surface area contributed by atoms with Crippen LogP contribution in [-0.2, 0) is 18.4 Å². The molecule has 0 aliphatic carbocycles. The Morgan fingerprint density at radius 1 is 1.28 bits per heavy atom. The summed E-state index contributed by atoms with van der Waals surface area (Å²) in [4.78, 5) is 21.3. The predicted octanol–water partition coefficient (Wildman–Crippen LogP) is 0.0501. The van der Waals surface area contributed by atoms with E-state index in [1.54, 1.807) is 0 Å². The van der Waals surface area contributed by atoms with Crippen LogP contribution in [0.2, 0.25) is 6.04 Å². The van der Waals surface area contributed by atoms with E-state index in [0.717, 1.165) is 0 Å². The Labute approximate surface area is 110 Å². The van der Waals surface area contributed by atoms with Crippen molar-refractivity contribution < 1.29 is 18.4 Å². The van der Waals surface area contributed by atoms with Crippen LogP contribution in [0.4, 0.5) is 0 Å². The summed E-state index contributed by atoms with van der Waals surface area (Å²) in [5.74, 6) is -0.819. The van der Waals surface area contributed by atoms with Crippen molar-refractivity contribution in [3.8, 4) is 0 Å². The summed E-state index contributed by atoms with van der Waals surface area (Å²) in [5, 5.41) is 3.11. The Hall–Kier alpha value is -0.923. The van der Waals surface area contributed by atoms with Gasteiger partial charge in [-0.05, 0) is 32.9 Å². The molecule has 106 valence electrons. The highest BCUT2D eigenvalue weighted by Gasteiger charge is 2.20. The maximum Gasteiger partial charge on any atom is 0.448 e. The van der Waals surface area contributed by atoms with E-state index >= 15 is 0 Å². The molecule has 0 aromatic carbocycles. The minimum atomic E-state index is -2.18. The molecule has 1 aliphatic rings. The van der Waals surface area contributed by atoms with Crippen LogP contribution in [0, 0.1) is 0 Å². The fourth-order valence-corrected chi connectivity index (χ4v) is 2.91. The van der Waals surface area contributed by atoms with Crippen LogP contribution in [0.1, 0.15) is 33.6 Å². The fourth-order valence-electron chi connectivity index (χ4n) is 1.09. The lowest BCUT2D eigenvalue weighted by Crippen LogP contribution is -2.29. The van der Waals surface area contributed by atoms with Gasteiger partial charge in [-0.3, -0.25) is 9.59 Å². The first-order valence-corrected chi connectivity index (χ1v) is 7.98. The van der Waals surface area contributed by atoms with Crippen molar-refractivity contribution in [3.63, 3.8) is 0 Å². The molecule has 6 nitrogen and oxygen atoms in total. The highest BCUT2D eigenvalue weighted by Crippen LogP contribution is 2.04. The van der Waals surface area contributed by atoms with Crippen LogP contribution in [0.5, 0.6) is 0 Å². The summed E-state index contributed by atoms with van der Waals surface area (Å²) in [6, 6.07) is 0.590. The second-order valence-corrected chi connectivity index (χ2v) is 6.21. The van der Waals surface area contributed by atoms with Gasteiger partial charge in [-0.1, -0.05) is 0 Å². The van der Waals surface area contributed by atoms with Crippen LogP contribution in [0.15, 0.2) is 0 Å². The van der Waals surface area contributed by atoms with Crippen molar-refractivity contribution in [2.75, 3.05) is 13.1 Å². The third-order valence-electron chi connectivity index (χ3n) is 2.16. The van der Waals surface area contributed by atoms with Crippen molar-refractivity contribution in [1.82, 2.24) is 5.32 Å². The number of rotatable bonds is 5. The van der Waals surface area contributed by atoms with Gasteiger partial charge in [0, 0.05) is 25.9 Å². The van der Waals surface area contributed by atoms with E-state index in [0.29, 0.717) is 12.5 Å². The van der Waals surface area contributed by atoms with Crippen molar-refractivity contribution in [2.45, 2.75) is 45.7 Å². The normalized spacial score (nSPS) is 14.9. The first-order chi connectivity index (χ1) is 8.41. The molecule has 7 heteroatoms. The zero-order chi connectivity index (χ0) is 14.0. The van der Waals surface area contributed by atoms with Gasteiger partial charge in [0.15, 0.2) is 0 Å². The van der Waals surface area contributed by atoms with Crippen molar-refractivity contribution >= 4 is 21.2 Å². The Balaban J connectivity index is 0.000000601. The van der Waals surface area contributed by atoms with Gasteiger partial charge in [0.2, 0.25) is 0 Å². The van der Waals surface area contributed by atoms with Crippen molar-refractivity contribution in [1.29, 1.82) is 0 Å². The maximum absolute atomic E-state index is 10.7. The molecule has 0 amide bonds. The Morgan fingerprint density at radius 2 is 1.67 bits per heavy atom. The molecule has 0 saturated carbocycles. The van der Waals surface area contributed by atoms with Crippen LogP contribution in [0.25, 0.3) is 0 Å². The summed E-state index contributed by atoms with van der Waals surface area (Å²) in [7, 11) is -2.18. The molecule has 0 aromatic heterocycles. The second kappa shape index (κ2) is 10.0. The highest BCUT2D eigenvalue weighted by atomic mass is 28.3. The van der Waals surface area contributed by atoms with E-state index in [2.05, 4.69) is 5.32 Å². The molecule has 1 saturated heterocycles. The first-order valence-electron chi connectivity index (χ1n) is 6.22. The minimum Gasteiger partial charge on any atom is -0.487 e. The van der Waals surface area contributed by atoms with Gasteiger partial charge in [0.05, 0.1) is 0 Å². The lowest BCUT2D eigenvalue weighted by molar-refractivity contribution is -0.137. The van der Waals surface area contributed by atoms with Crippen LogP contribution >= 0.6 is 0 Å². The Bertz CT molecular complexity index is 237. The van der Waals surface area contributed by atoms with Crippen molar-refractivity contribution in [2.24, 2.45) is 5.73 Å². The van der Waals surface area contributed by atoms with Gasteiger partial charge >= 0.3 is 9.28 Å². The maximum atomic E-state index is 10.7. The van der Waals surface area contributed by atoms with Gasteiger partial charge in [-0.25, -0.2) is 0 Å². The quantitative estimate of drug-likeness (QED) is 0.690. The lowest BCUT2D eigenvalue weighted by Gasteiger charge is -2.15. The molecule has 1 rings (SSSR count). The topological polar surface area (TPSA) is 90.7 Å². The molecule has 3 N–H and O–H groups in total. The molecule has 18 heavy (non-hydrogen) atoms. The van der Waals surface area contributed by atoms with E-state index in [-0.39, 0.29) is 6.04 Å². The molecule has 1 atom stereocenters. The molecule has 0 radical (unpaired) electrons. The molecular formula is C11H24N2O4Si. The monoisotopic (exact) mass is 276 g/mol. The number of nitrogens with one attached hydrogen (secondary N) is 1. The first kappa shape index (κ1) is 17.1. The third-order valence-corrected chi connectivity index (χ3v) is 4.15. The molecule has 0 bridgehead atoms. The van der Waals surface area contributed by atoms with Crippen LogP contribution in [-0.4, -0.2) is 40.4 Å². The molecule has 0 aromatic rings. The number of hydrogen-bond donors (Lipinski definition) is 2. The summed E-state index contributed by atoms with van der Waals surface area (Å²) >= 11 is 0. The average molecular weight is 276 g/mol. The average Bonchev–Trinajstić information content (AvgIpc) is 2.09. The Morgan fingerprint density at radius 3 is 1.89 bits per heavy atom. The van der Waals surface area contributed by atoms with Gasteiger partial charge in [-0.2, -0.15) is 0 Å². The van der Waals surface area contributed by atoms with E-state index in [4.69, 9.17) is 14.6 Å². The zero-order valence-electron chi connectivity index (χ0n) is 11.4. The van der Waals surface area contributed by atoms with E-state index in [9.17, 15) is 9.59 Å². The highest BCUT2D eigenvalue weighted by molar-refractivity contribution is 6.48. The van der Waals surface area contributed by atoms with Crippen LogP contribution < -0.4 is 11.1 Å². The third kappa shape index (κ3) is 11.6. The number of hydrogen-bond acceptors (Lipinski definition) is 6. The van der Waals surface area contributed by atoms with E-state index < -0.39 is 21.2 Å². The van der Waals surface area contributed by atoms with Crippen LogP contribution in [0.3, 0.4) is 0 Å². The molecule has 1 fully saturated rings. The molecule has 0 spiro atoms. The van der Waals surface area contributed by atoms with E-state index in [1.807, 2.05) is 6.92 Å². The second-order valence-electron chi connectivity index (χ2n) is 4.31. The van der Waals surface area contributed by atoms with E-state index in [1.165, 1.54) is 33.4 Å². The summed E-state index contributed by atoms with van der Waals surface area (Å²) < 4.78 is 9.83. The summed E-state index contributed by atoms with van der Waals surface area (Å²) in [5.41, 5.74) is 5.54. The largest absolute Gasteiger partial charge is 0.487 e. The molecule has 1 heterocycles. The fraction of sp³-hybridized carbons (Fsp3) is 0.818. The van der Waals surface area contributed by atoms with Gasteiger partial charge in [0.25, 0.3) is 11.9 Å². The standard InChI is InChI=1S/C8H17NO4Si.C3H7N/c1-6(9)4-5-14(12-7(2)10)13-8(3)11;1-2-4-3-1/h6,14H,4-5,9H2,1-3H3;4H,1-3H2. The molecule has 1 unspecified atom stereocenters. The smallest absolute Gasteiger partial charge is 0.448 e. The van der Waals surface area contributed by atoms with Gasteiger partial charge < -0.3 is 19.9 Å². The molecular weight excluding hydrogens is 252 g/mol. The number of carbonyl (C=O) groups is 2. The summed E-state index contributed by atoms with van der Waals surface area (Å²) in [6.45, 7) is 6.96. The van der Waals surface area contributed by atoms with Gasteiger partial charge in [0.1, 0.15) is 0 Å². The Kier molecular flexibility index (Phi) is 9.53. The minimum absolute atomic E-state index is 0.0242.